The first-order valence-electron chi connectivity index (χ1n) is 14.4. The number of benzene rings is 1. The first kappa shape index (κ1) is 32.2. The van der Waals surface area contributed by atoms with E-state index < -0.39 is 83.8 Å². The van der Waals surface area contributed by atoms with Crippen molar-refractivity contribution in [3.63, 3.8) is 0 Å². The predicted molar refractivity (Wildman–Crippen MR) is 148 cm³/mol. The van der Waals surface area contributed by atoms with Gasteiger partial charge in [-0.25, -0.2) is 14.4 Å². The van der Waals surface area contributed by atoms with E-state index in [9.17, 15) is 39.3 Å². The summed E-state index contributed by atoms with van der Waals surface area (Å²) in [7, 11) is 1.85. The van der Waals surface area contributed by atoms with Gasteiger partial charge < -0.3 is 44.1 Å². The molecule has 2 bridgehead atoms. The molecule has 1 aromatic carbocycles. The molecule has 244 valence electrons. The number of hydrogen-bond acceptors (Lipinski definition) is 13. The van der Waals surface area contributed by atoms with E-state index in [1.54, 1.807) is 32.9 Å². The highest BCUT2D eigenvalue weighted by Crippen LogP contribution is 2.66. The second-order valence-electron chi connectivity index (χ2n) is 12.7. The second kappa shape index (κ2) is 11.3. The van der Waals surface area contributed by atoms with Crippen LogP contribution in [0.1, 0.15) is 57.6 Å². The van der Waals surface area contributed by atoms with Crippen LogP contribution in [-0.4, -0.2) is 105 Å². The van der Waals surface area contributed by atoms with E-state index in [0.717, 1.165) is 5.56 Å². The fraction of sp³-hybridized carbons (Fsp3) is 0.567. The van der Waals surface area contributed by atoms with Gasteiger partial charge in [0.15, 0.2) is 29.8 Å². The maximum atomic E-state index is 13.3. The van der Waals surface area contributed by atoms with Crippen LogP contribution in [-0.2, 0) is 45.2 Å². The molecule has 4 aliphatic rings. The highest BCUT2D eigenvalue weighted by atomic mass is 16.7. The molecule has 5 rings (SSSR count). The predicted octanol–water partition coefficient (Wildman–Crippen LogP) is 1.04. The van der Waals surface area contributed by atoms with Gasteiger partial charge in [-0.15, -0.1) is 0 Å². The average molecular weight is 634 g/mol. The summed E-state index contributed by atoms with van der Waals surface area (Å²) in [5.74, 6) is -5.12. The number of likely N-dealkylation sites (tertiary alicyclic amines) is 1. The number of carbonyl (C=O) groups is 5. The number of aliphatic hydroxyl groups excluding tert-OH is 2. The largest absolute Gasteiger partial charge is 0.514 e. The molecule has 1 saturated heterocycles. The molecule has 0 radical (unpaired) electrons. The highest BCUT2D eigenvalue weighted by Gasteiger charge is 2.74. The summed E-state index contributed by atoms with van der Waals surface area (Å²) in [5.41, 5.74) is -2.20. The molecule has 0 aromatic heterocycles. The molecule has 0 amide bonds. The second-order valence-corrected chi connectivity index (χ2v) is 12.7. The highest BCUT2D eigenvalue weighted by molar-refractivity contribution is 5.82. The normalized spacial score (nSPS) is 27.6. The van der Waals surface area contributed by atoms with Gasteiger partial charge in [-0.2, -0.15) is 0 Å². The number of aliphatic hydroxyl groups is 2. The van der Waals surface area contributed by atoms with Gasteiger partial charge in [-0.1, -0.05) is 6.07 Å². The summed E-state index contributed by atoms with van der Waals surface area (Å²) in [6.45, 7) is 5.47. The third-order valence-electron chi connectivity index (χ3n) is 8.70. The monoisotopic (exact) mass is 633 g/mol. The number of rotatable bonds is 9. The summed E-state index contributed by atoms with van der Waals surface area (Å²) in [5, 5.41) is 37.9. The minimum absolute atomic E-state index is 0.00217. The van der Waals surface area contributed by atoms with Crippen LogP contribution in [0.5, 0.6) is 11.5 Å². The van der Waals surface area contributed by atoms with Gasteiger partial charge in [-0.05, 0) is 64.9 Å². The molecule has 4 N–H and O–H groups in total. The fourth-order valence-corrected chi connectivity index (χ4v) is 6.95. The number of aliphatic carboxylic acids is 2. The van der Waals surface area contributed by atoms with E-state index in [0.29, 0.717) is 18.5 Å². The SMILES string of the molecule is CN1CC[C@]23c4c5ccc(OC(=O)OC(C)(C)C)c4O[C@H]2C(OC(=O)C[C@H](O)C(=O)O)=CC[C@@]3(OC(=O)C[C@H](O)C(=O)O)[C@H]1C5. The summed E-state index contributed by atoms with van der Waals surface area (Å²) < 4.78 is 29.1. The number of carbonyl (C=O) groups excluding carboxylic acids is 3. The summed E-state index contributed by atoms with van der Waals surface area (Å²) in [4.78, 5) is 63.2. The van der Waals surface area contributed by atoms with Crippen molar-refractivity contribution in [1.29, 1.82) is 0 Å². The van der Waals surface area contributed by atoms with Crippen molar-refractivity contribution in [2.75, 3.05) is 13.6 Å². The van der Waals surface area contributed by atoms with Crippen LogP contribution in [0.2, 0.25) is 0 Å². The van der Waals surface area contributed by atoms with Gasteiger partial charge in [0, 0.05) is 12.0 Å². The number of nitrogens with zero attached hydrogens (tertiary/aromatic N) is 1. The molecular formula is C30H35NO14. The van der Waals surface area contributed by atoms with Crippen molar-refractivity contribution in [2.24, 2.45) is 0 Å². The van der Waals surface area contributed by atoms with Crippen LogP contribution < -0.4 is 9.47 Å². The van der Waals surface area contributed by atoms with E-state index in [1.807, 2.05) is 11.9 Å². The van der Waals surface area contributed by atoms with Crippen molar-refractivity contribution < 1.29 is 68.1 Å². The Labute approximate surface area is 257 Å². The first-order valence-corrected chi connectivity index (χ1v) is 14.4. The van der Waals surface area contributed by atoms with E-state index in [4.69, 9.17) is 28.8 Å². The van der Waals surface area contributed by atoms with Crippen molar-refractivity contribution in [3.05, 3.63) is 35.1 Å². The lowest BCUT2D eigenvalue weighted by molar-refractivity contribution is -0.208. The smallest absolute Gasteiger partial charge is 0.479 e. The molecule has 15 heteroatoms. The number of esters is 2. The minimum Gasteiger partial charge on any atom is -0.479 e. The molecular weight excluding hydrogens is 598 g/mol. The van der Waals surface area contributed by atoms with Gasteiger partial charge in [0.1, 0.15) is 17.0 Å². The van der Waals surface area contributed by atoms with Gasteiger partial charge in [0.05, 0.1) is 24.3 Å². The molecule has 0 unspecified atom stereocenters. The molecule has 15 nitrogen and oxygen atoms in total. The van der Waals surface area contributed by atoms with Crippen LogP contribution in [0.4, 0.5) is 4.79 Å². The summed E-state index contributed by atoms with van der Waals surface area (Å²) in [6.07, 6.45) is -5.76. The third-order valence-corrected chi connectivity index (χ3v) is 8.70. The molecule has 0 saturated carbocycles. The Kier molecular flexibility index (Phi) is 8.08. The van der Waals surface area contributed by atoms with Crippen LogP contribution in [0, 0.1) is 0 Å². The third kappa shape index (κ3) is 5.48. The lowest BCUT2D eigenvalue weighted by Gasteiger charge is -2.62. The van der Waals surface area contributed by atoms with Crippen LogP contribution in [0.25, 0.3) is 0 Å². The Bertz CT molecular complexity index is 1480. The lowest BCUT2D eigenvalue weighted by Crippen LogP contribution is -2.75. The van der Waals surface area contributed by atoms with Crippen LogP contribution in [0.15, 0.2) is 24.0 Å². The number of ether oxygens (including phenoxy) is 5. The summed E-state index contributed by atoms with van der Waals surface area (Å²) >= 11 is 0. The van der Waals surface area contributed by atoms with E-state index >= 15 is 0 Å². The Morgan fingerprint density at radius 3 is 2.29 bits per heavy atom. The number of likely N-dealkylation sites (N-methyl/N-ethyl adjacent to an activating group) is 1. The van der Waals surface area contributed by atoms with Gasteiger partial charge in [0.2, 0.25) is 0 Å². The topological polar surface area (TPSA) is 216 Å². The van der Waals surface area contributed by atoms with Crippen molar-refractivity contribution in [2.45, 2.75) is 93.8 Å². The standard InChI is InChI=1S/C30H35NO14/c1-28(2,3)45-27(40)42-17-6-5-14-11-19-30(44-21(35)13-16(33)26(38)39)8-7-18(41-20(34)12-15(32)25(36)37)24-29(30,9-10-31(19)4)22(14)23(17)43-24/h5-7,15-16,19,24,32-33H,8-13H2,1-4H3,(H,36,37)(H,38,39)/t15-,16-,19+,24-,29-,30+/m0/s1. The van der Waals surface area contributed by atoms with E-state index in [-0.39, 0.29) is 30.1 Å². The number of carboxylic acids is 2. The molecule has 1 aromatic rings. The van der Waals surface area contributed by atoms with Crippen molar-refractivity contribution >= 4 is 30.0 Å². The number of piperidine rings is 1. The van der Waals surface area contributed by atoms with Crippen LogP contribution in [0.3, 0.4) is 0 Å². The van der Waals surface area contributed by atoms with Gasteiger partial charge >= 0.3 is 30.0 Å². The van der Waals surface area contributed by atoms with Gasteiger partial charge in [-0.3, -0.25) is 14.5 Å². The maximum absolute atomic E-state index is 13.3. The zero-order valence-electron chi connectivity index (χ0n) is 25.1. The number of carboxylic acid groups (broad SMARTS) is 2. The maximum Gasteiger partial charge on any atom is 0.514 e. The Balaban J connectivity index is 1.63. The number of hydrogen-bond donors (Lipinski definition) is 4. The molecule has 1 fully saturated rings. The minimum atomic E-state index is -2.01. The van der Waals surface area contributed by atoms with Crippen LogP contribution >= 0.6 is 0 Å². The van der Waals surface area contributed by atoms with E-state index in [1.165, 1.54) is 6.08 Å². The Morgan fingerprint density at radius 2 is 1.67 bits per heavy atom. The summed E-state index contributed by atoms with van der Waals surface area (Å²) in [6, 6.07) is 2.83. The van der Waals surface area contributed by atoms with Gasteiger partial charge in [0.25, 0.3) is 0 Å². The Hall–Kier alpha value is -4.21. The molecule has 1 spiro atoms. The quantitative estimate of drug-likeness (QED) is 0.170. The first-order chi connectivity index (χ1) is 21.0. The molecule has 6 atom stereocenters. The average Bonchev–Trinajstić information content (AvgIpc) is 3.28. The van der Waals surface area contributed by atoms with Crippen molar-refractivity contribution in [3.8, 4) is 11.5 Å². The fourth-order valence-electron chi connectivity index (χ4n) is 6.95. The van der Waals surface area contributed by atoms with Crippen molar-refractivity contribution in [1.82, 2.24) is 4.90 Å². The van der Waals surface area contributed by atoms with E-state index in [2.05, 4.69) is 0 Å². The zero-order chi connectivity index (χ0) is 33.1. The molecule has 2 aliphatic heterocycles. The zero-order valence-corrected chi connectivity index (χ0v) is 25.1. The molecule has 2 aliphatic carbocycles. The molecule has 45 heavy (non-hydrogen) atoms. The lowest BCUT2D eigenvalue weighted by atomic mass is 9.50. The Morgan fingerprint density at radius 1 is 1.02 bits per heavy atom. The molecule has 2 heterocycles.